The maximum Gasteiger partial charge on any atom is 0.246 e. The molecule has 0 unspecified atom stereocenters. The third kappa shape index (κ3) is 1.65. The topological polar surface area (TPSA) is 74.2 Å². The third-order valence-electron chi connectivity index (χ3n) is 2.67. The molecule has 14 heavy (non-hydrogen) atoms. The molecular weight excluding hydrogens is 182 g/mol. The Morgan fingerprint density at radius 3 is 2.93 bits per heavy atom. The fourth-order valence-electron chi connectivity index (χ4n) is 1.52. The summed E-state index contributed by atoms with van der Waals surface area (Å²) in [6.07, 6.45) is 3.71. The van der Waals surface area contributed by atoms with Crippen LogP contribution in [-0.4, -0.2) is 23.9 Å². The number of ether oxygens (including phenoxy) is 1. The lowest BCUT2D eigenvalue weighted by atomic mass is 9.78. The van der Waals surface area contributed by atoms with Crippen LogP contribution in [0.4, 0.5) is 0 Å². The molecule has 0 aromatic carbocycles. The second kappa shape index (κ2) is 3.67. The minimum Gasteiger partial charge on any atom is -0.384 e. The summed E-state index contributed by atoms with van der Waals surface area (Å²) in [5.41, 5.74) is 5.69. The van der Waals surface area contributed by atoms with Crippen LogP contribution in [-0.2, 0) is 16.7 Å². The van der Waals surface area contributed by atoms with Crippen molar-refractivity contribution in [3.63, 3.8) is 0 Å². The summed E-state index contributed by atoms with van der Waals surface area (Å²) in [5, 5.41) is 3.86. The van der Waals surface area contributed by atoms with Gasteiger partial charge in [-0.3, -0.25) is 0 Å². The van der Waals surface area contributed by atoms with E-state index in [2.05, 4.69) is 10.1 Å². The molecule has 1 aliphatic rings. The number of nitrogens with two attached hydrogens (primary N) is 1. The molecule has 5 heteroatoms. The van der Waals surface area contributed by atoms with Crippen molar-refractivity contribution >= 4 is 0 Å². The van der Waals surface area contributed by atoms with Gasteiger partial charge in [-0.1, -0.05) is 5.16 Å². The highest BCUT2D eigenvalue weighted by Crippen LogP contribution is 2.37. The molecule has 1 aliphatic carbocycles. The minimum atomic E-state index is -0.349. The van der Waals surface area contributed by atoms with E-state index in [0.717, 1.165) is 19.3 Å². The monoisotopic (exact) mass is 197 g/mol. The van der Waals surface area contributed by atoms with Gasteiger partial charge in [0.05, 0.1) is 12.1 Å². The van der Waals surface area contributed by atoms with Crippen LogP contribution >= 0.6 is 0 Å². The van der Waals surface area contributed by atoms with Gasteiger partial charge in [0.2, 0.25) is 5.89 Å². The van der Waals surface area contributed by atoms with E-state index in [1.165, 1.54) is 0 Å². The number of rotatable bonds is 4. The molecule has 5 nitrogen and oxygen atoms in total. The number of hydrogen-bond donors (Lipinski definition) is 1. The van der Waals surface area contributed by atoms with Gasteiger partial charge in [0.15, 0.2) is 5.82 Å². The average Bonchev–Trinajstić information content (AvgIpc) is 2.59. The van der Waals surface area contributed by atoms with Crippen molar-refractivity contribution in [2.24, 2.45) is 5.73 Å². The fraction of sp³-hybridized carbons (Fsp3) is 0.778. The second-order valence-electron chi connectivity index (χ2n) is 3.77. The average molecular weight is 197 g/mol. The first-order valence-corrected chi connectivity index (χ1v) is 4.85. The van der Waals surface area contributed by atoms with E-state index < -0.39 is 0 Å². The van der Waals surface area contributed by atoms with Crippen molar-refractivity contribution in [2.45, 2.75) is 31.2 Å². The Kier molecular flexibility index (Phi) is 2.52. The number of methoxy groups -OCH3 is 1. The van der Waals surface area contributed by atoms with E-state index in [4.69, 9.17) is 15.0 Å². The van der Waals surface area contributed by atoms with Crippen LogP contribution in [0.5, 0.6) is 0 Å². The first-order chi connectivity index (χ1) is 6.74. The maximum atomic E-state index is 6.04. The highest BCUT2D eigenvalue weighted by atomic mass is 16.5. The van der Waals surface area contributed by atoms with Crippen LogP contribution < -0.4 is 5.73 Å². The van der Waals surface area contributed by atoms with E-state index in [-0.39, 0.29) is 5.54 Å². The highest BCUT2D eigenvalue weighted by molar-refractivity contribution is 5.07. The summed E-state index contributed by atoms with van der Waals surface area (Å²) < 4.78 is 10.1. The summed E-state index contributed by atoms with van der Waals surface area (Å²) in [6.45, 7) is 0.608. The smallest absolute Gasteiger partial charge is 0.246 e. The number of hydrogen-bond acceptors (Lipinski definition) is 5. The largest absolute Gasteiger partial charge is 0.384 e. The van der Waals surface area contributed by atoms with Gasteiger partial charge in [-0.2, -0.15) is 4.98 Å². The molecule has 0 spiro atoms. The van der Waals surface area contributed by atoms with Crippen molar-refractivity contribution in [3.05, 3.63) is 11.7 Å². The Bertz CT molecular complexity index is 307. The minimum absolute atomic E-state index is 0.349. The maximum absolute atomic E-state index is 6.04. The zero-order valence-electron chi connectivity index (χ0n) is 8.32. The molecule has 0 radical (unpaired) electrons. The first-order valence-electron chi connectivity index (χ1n) is 4.85. The number of aromatic nitrogens is 2. The molecular formula is C9H15N3O2. The van der Waals surface area contributed by atoms with Crippen molar-refractivity contribution in [1.29, 1.82) is 0 Å². The second-order valence-corrected chi connectivity index (χ2v) is 3.77. The van der Waals surface area contributed by atoms with Gasteiger partial charge in [0.1, 0.15) is 0 Å². The van der Waals surface area contributed by atoms with Gasteiger partial charge in [0, 0.05) is 13.5 Å². The molecule has 0 aliphatic heterocycles. The normalized spacial score (nSPS) is 19.3. The molecule has 1 aromatic heterocycles. The molecule has 0 amide bonds. The molecule has 0 atom stereocenters. The Labute approximate surface area is 82.6 Å². The van der Waals surface area contributed by atoms with Crippen LogP contribution in [0.1, 0.15) is 31.0 Å². The highest BCUT2D eigenvalue weighted by Gasteiger charge is 2.39. The molecule has 2 rings (SSSR count). The van der Waals surface area contributed by atoms with Gasteiger partial charge in [-0.05, 0) is 19.3 Å². The standard InChI is InChI=1S/C9H15N3O2/c1-13-6-3-7-11-8(14-12-7)9(10)4-2-5-9/h2-6,10H2,1H3. The zero-order valence-corrected chi connectivity index (χ0v) is 8.32. The van der Waals surface area contributed by atoms with Crippen LogP contribution in [0.25, 0.3) is 0 Å². The van der Waals surface area contributed by atoms with Gasteiger partial charge < -0.3 is 15.0 Å². The lowest BCUT2D eigenvalue weighted by Crippen LogP contribution is -2.43. The van der Waals surface area contributed by atoms with Crippen LogP contribution in [0, 0.1) is 0 Å². The van der Waals surface area contributed by atoms with Crippen LogP contribution in [0.3, 0.4) is 0 Å². The SMILES string of the molecule is COCCc1noc(C2(N)CCC2)n1. The third-order valence-corrected chi connectivity index (χ3v) is 2.67. The van der Waals surface area contributed by atoms with E-state index in [9.17, 15) is 0 Å². The summed E-state index contributed by atoms with van der Waals surface area (Å²) >= 11 is 0. The van der Waals surface area contributed by atoms with E-state index >= 15 is 0 Å². The van der Waals surface area contributed by atoms with Crippen molar-refractivity contribution in [2.75, 3.05) is 13.7 Å². The predicted molar refractivity (Wildman–Crippen MR) is 49.6 cm³/mol. The van der Waals surface area contributed by atoms with E-state index in [0.29, 0.717) is 24.7 Å². The summed E-state index contributed by atoms with van der Waals surface area (Å²) in [6, 6.07) is 0. The first kappa shape index (κ1) is 9.61. The Morgan fingerprint density at radius 1 is 1.57 bits per heavy atom. The Hall–Kier alpha value is -0.940. The van der Waals surface area contributed by atoms with Gasteiger partial charge in [-0.25, -0.2) is 0 Å². The molecule has 1 aromatic rings. The lowest BCUT2D eigenvalue weighted by molar-refractivity contribution is 0.180. The van der Waals surface area contributed by atoms with Crippen molar-refractivity contribution < 1.29 is 9.26 Å². The fourth-order valence-corrected chi connectivity index (χ4v) is 1.52. The summed E-state index contributed by atoms with van der Waals surface area (Å²) in [4.78, 5) is 4.26. The Morgan fingerprint density at radius 2 is 2.36 bits per heavy atom. The molecule has 0 saturated heterocycles. The lowest BCUT2D eigenvalue weighted by Gasteiger charge is -2.33. The molecule has 78 valence electrons. The van der Waals surface area contributed by atoms with Gasteiger partial charge in [-0.15, -0.1) is 0 Å². The van der Waals surface area contributed by atoms with Crippen LogP contribution in [0.2, 0.25) is 0 Å². The Balaban J connectivity index is 2.02. The predicted octanol–water partition coefficient (Wildman–Crippen LogP) is 0.596. The van der Waals surface area contributed by atoms with Gasteiger partial charge >= 0.3 is 0 Å². The van der Waals surface area contributed by atoms with Crippen molar-refractivity contribution in [1.82, 2.24) is 10.1 Å². The number of nitrogens with zero attached hydrogens (tertiary/aromatic N) is 2. The molecule has 1 fully saturated rings. The van der Waals surface area contributed by atoms with Crippen molar-refractivity contribution in [3.8, 4) is 0 Å². The molecule has 1 saturated carbocycles. The summed E-state index contributed by atoms with van der Waals surface area (Å²) in [5.74, 6) is 1.26. The van der Waals surface area contributed by atoms with E-state index in [1.807, 2.05) is 0 Å². The molecule has 0 bridgehead atoms. The molecule has 2 N–H and O–H groups in total. The summed E-state index contributed by atoms with van der Waals surface area (Å²) in [7, 11) is 1.65. The quantitative estimate of drug-likeness (QED) is 0.764. The molecule has 1 heterocycles. The van der Waals surface area contributed by atoms with Gasteiger partial charge in [0.25, 0.3) is 0 Å². The van der Waals surface area contributed by atoms with E-state index in [1.54, 1.807) is 7.11 Å². The van der Waals surface area contributed by atoms with Crippen LogP contribution in [0.15, 0.2) is 4.52 Å². The zero-order chi connectivity index (χ0) is 10.0.